The van der Waals surface area contributed by atoms with Crippen LogP contribution in [0.25, 0.3) is 5.65 Å². The molecule has 2 aromatic heterocycles. The van der Waals surface area contributed by atoms with Crippen LogP contribution in [0.4, 0.5) is 0 Å². The predicted octanol–water partition coefficient (Wildman–Crippen LogP) is -0.114. The maximum Gasteiger partial charge on any atom is 0.352 e. The third-order valence-electron chi connectivity index (χ3n) is 1.90. The molecule has 0 fully saturated rings. The number of hydrogen-bond donors (Lipinski definition) is 2. The van der Waals surface area contributed by atoms with Crippen LogP contribution in [0.2, 0.25) is 0 Å². The van der Waals surface area contributed by atoms with E-state index in [9.17, 15) is 4.79 Å². The van der Waals surface area contributed by atoms with E-state index >= 15 is 0 Å². The Morgan fingerprint density at radius 2 is 2.29 bits per heavy atom. The quantitative estimate of drug-likeness (QED) is 0.692. The highest BCUT2D eigenvalue weighted by Crippen LogP contribution is 2.08. The maximum atomic E-state index is 10.9. The molecule has 72 valence electrons. The summed E-state index contributed by atoms with van der Waals surface area (Å²) in [5.41, 5.74) is 6.02. The molecule has 0 saturated carbocycles. The molecule has 0 amide bonds. The van der Waals surface area contributed by atoms with E-state index < -0.39 is 5.97 Å². The number of carboxylic acids is 1. The number of rotatable bonds is 2. The average Bonchev–Trinajstić information content (AvgIpc) is 2.59. The second kappa shape index (κ2) is 3.08. The Morgan fingerprint density at radius 3 is 2.93 bits per heavy atom. The third-order valence-corrected chi connectivity index (χ3v) is 1.90. The van der Waals surface area contributed by atoms with Gasteiger partial charge in [-0.15, -0.1) is 10.2 Å². The molecule has 2 heterocycles. The number of aromatic nitrogens is 3. The molecule has 0 aliphatic carbocycles. The van der Waals surface area contributed by atoms with Crippen molar-refractivity contribution in [1.29, 1.82) is 0 Å². The first-order valence-electron chi connectivity index (χ1n) is 4.00. The van der Waals surface area contributed by atoms with Crippen molar-refractivity contribution < 1.29 is 9.90 Å². The highest BCUT2D eigenvalue weighted by molar-refractivity contribution is 5.86. The number of carbonyl (C=O) groups is 1. The third kappa shape index (κ3) is 1.12. The van der Waals surface area contributed by atoms with Crippen molar-refractivity contribution in [3.63, 3.8) is 0 Å². The van der Waals surface area contributed by atoms with Crippen molar-refractivity contribution in [3.8, 4) is 0 Å². The van der Waals surface area contributed by atoms with E-state index in [1.165, 1.54) is 10.5 Å². The van der Waals surface area contributed by atoms with Gasteiger partial charge in [0.1, 0.15) is 5.69 Å². The first-order chi connectivity index (χ1) is 6.74. The molecule has 14 heavy (non-hydrogen) atoms. The summed E-state index contributed by atoms with van der Waals surface area (Å²) in [6.07, 6.45) is 0. The van der Waals surface area contributed by atoms with Crippen molar-refractivity contribution in [2.75, 3.05) is 0 Å². The fraction of sp³-hybridized carbons (Fsp3) is 0.125. The minimum absolute atomic E-state index is 0.118. The number of aromatic carboxylic acids is 1. The molecule has 0 aliphatic rings. The topological polar surface area (TPSA) is 93.5 Å². The molecule has 3 N–H and O–H groups in total. The van der Waals surface area contributed by atoms with E-state index in [1.54, 1.807) is 12.1 Å². The standard InChI is InChI=1S/C8H8N4O2/c9-4-7-11-10-6-3-1-2-5(8(13)14)12(6)7/h1-3H,4,9H2,(H,13,14). The van der Waals surface area contributed by atoms with Gasteiger partial charge in [0.15, 0.2) is 11.5 Å². The Bertz CT molecular complexity index is 491. The van der Waals surface area contributed by atoms with Crippen LogP contribution in [0, 0.1) is 0 Å². The number of pyridine rings is 1. The molecule has 6 heteroatoms. The fourth-order valence-corrected chi connectivity index (χ4v) is 1.30. The lowest BCUT2D eigenvalue weighted by molar-refractivity contribution is 0.0688. The molecular formula is C8H8N4O2. The van der Waals surface area contributed by atoms with Gasteiger partial charge in [-0.05, 0) is 12.1 Å². The van der Waals surface area contributed by atoms with E-state index in [2.05, 4.69) is 10.2 Å². The van der Waals surface area contributed by atoms with Crippen LogP contribution in [0.5, 0.6) is 0 Å². The van der Waals surface area contributed by atoms with Crippen LogP contribution in [0.3, 0.4) is 0 Å². The largest absolute Gasteiger partial charge is 0.477 e. The average molecular weight is 192 g/mol. The molecule has 2 rings (SSSR count). The number of hydrogen-bond acceptors (Lipinski definition) is 4. The van der Waals surface area contributed by atoms with Gasteiger partial charge in [0.25, 0.3) is 0 Å². The van der Waals surface area contributed by atoms with Gasteiger partial charge < -0.3 is 10.8 Å². The summed E-state index contributed by atoms with van der Waals surface area (Å²) in [6, 6.07) is 4.78. The molecule has 0 spiro atoms. The molecule has 2 aromatic rings. The second-order valence-electron chi connectivity index (χ2n) is 2.73. The molecule has 0 unspecified atom stereocenters. The van der Waals surface area contributed by atoms with Gasteiger partial charge in [-0.25, -0.2) is 4.79 Å². The summed E-state index contributed by atoms with van der Waals surface area (Å²) >= 11 is 0. The Labute approximate surface area is 79.0 Å². The van der Waals surface area contributed by atoms with E-state index in [-0.39, 0.29) is 12.2 Å². The summed E-state index contributed by atoms with van der Waals surface area (Å²) in [7, 11) is 0. The molecule has 0 radical (unpaired) electrons. The minimum atomic E-state index is -1.02. The van der Waals surface area contributed by atoms with Gasteiger partial charge in [0.05, 0.1) is 6.54 Å². The van der Waals surface area contributed by atoms with Crippen molar-refractivity contribution in [2.24, 2.45) is 5.73 Å². The summed E-state index contributed by atoms with van der Waals surface area (Å²) in [4.78, 5) is 10.9. The summed E-state index contributed by atoms with van der Waals surface area (Å²) in [5.74, 6) is -0.580. The number of nitrogens with two attached hydrogens (primary N) is 1. The van der Waals surface area contributed by atoms with Crippen LogP contribution < -0.4 is 5.73 Å². The lowest BCUT2D eigenvalue weighted by Gasteiger charge is -2.00. The lowest BCUT2D eigenvalue weighted by atomic mass is 10.3. The summed E-state index contributed by atoms with van der Waals surface area (Å²) in [6.45, 7) is 0.158. The van der Waals surface area contributed by atoms with Gasteiger partial charge in [0.2, 0.25) is 0 Å². The number of carboxylic acid groups (broad SMARTS) is 1. The second-order valence-corrected chi connectivity index (χ2v) is 2.73. The first-order valence-corrected chi connectivity index (χ1v) is 4.00. The highest BCUT2D eigenvalue weighted by atomic mass is 16.4. The van der Waals surface area contributed by atoms with Crippen LogP contribution in [-0.2, 0) is 6.54 Å². The van der Waals surface area contributed by atoms with Crippen molar-refractivity contribution in [3.05, 3.63) is 29.7 Å². The smallest absolute Gasteiger partial charge is 0.352 e. The molecule has 0 aromatic carbocycles. The summed E-state index contributed by atoms with van der Waals surface area (Å²) in [5, 5.41) is 16.5. The van der Waals surface area contributed by atoms with Gasteiger partial charge >= 0.3 is 5.97 Å². The van der Waals surface area contributed by atoms with E-state index in [4.69, 9.17) is 10.8 Å². The monoisotopic (exact) mass is 192 g/mol. The van der Waals surface area contributed by atoms with E-state index in [0.29, 0.717) is 11.5 Å². The normalized spacial score (nSPS) is 10.6. The van der Waals surface area contributed by atoms with Crippen LogP contribution in [-0.4, -0.2) is 25.7 Å². The molecule has 0 aliphatic heterocycles. The van der Waals surface area contributed by atoms with Gasteiger partial charge in [-0.2, -0.15) is 0 Å². The summed E-state index contributed by atoms with van der Waals surface area (Å²) < 4.78 is 1.43. The zero-order valence-electron chi connectivity index (χ0n) is 7.21. The Kier molecular flexibility index (Phi) is 1.90. The SMILES string of the molecule is NCc1nnc2cccc(C(=O)O)n12. The lowest BCUT2D eigenvalue weighted by Crippen LogP contribution is -2.10. The van der Waals surface area contributed by atoms with Crippen LogP contribution in [0.1, 0.15) is 16.3 Å². The number of nitrogens with zero attached hydrogens (tertiary/aromatic N) is 3. The number of fused-ring (bicyclic) bond motifs is 1. The van der Waals surface area contributed by atoms with Gasteiger partial charge in [-0.3, -0.25) is 4.40 Å². The highest BCUT2D eigenvalue weighted by Gasteiger charge is 2.12. The maximum absolute atomic E-state index is 10.9. The zero-order chi connectivity index (χ0) is 10.1. The van der Waals surface area contributed by atoms with Crippen LogP contribution in [0.15, 0.2) is 18.2 Å². The molecular weight excluding hydrogens is 184 g/mol. The molecule has 0 bridgehead atoms. The van der Waals surface area contributed by atoms with Crippen molar-refractivity contribution in [1.82, 2.24) is 14.6 Å². The fourth-order valence-electron chi connectivity index (χ4n) is 1.30. The Morgan fingerprint density at radius 1 is 1.50 bits per heavy atom. The van der Waals surface area contributed by atoms with Gasteiger partial charge in [-0.1, -0.05) is 6.07 Å². The van der Waals surface area contributed by atoms with Crippen molar-refractivity contribution >= 4 is 11.6 Å². The van der Waals surface area contributed by atoms with E-state index in [1.807, 2.05) is 0 Å². The molecule has 0 atom stereocenters. The zero-order valence-corrected chi connectivity index (χ0v) is 7.21. The Hall–Kier alpha value is -1.95. The predicted molar refractivity (Wildman–Crippen MR) is 47.8 cm³/mol. The van der Waals surface area contributed by atoms with Gasteiger partial charge in [0, 0.05) is 0 Å². The van der Waals surface area contributed by atoms with Crippen LogP contribution >= 0.6 is 0 Å². The molecule has 0 saturated heterocycles. The van der Waals surface area contributed by atoms with Crippen molar-refractivity contribution in [2.45, 2.75) is 6.54 Å². The Balaban J connectivity index is 2.81. The minimum Gasteiger partial charge on any atom is -0.477 e. The van der Waals surface area contributed by atoms with E-state index in [0.717, 1.165) is 0 Å². The first kappa shape index (κ1) is 8.64. The molecule has 6 nitrogen and oxygen atoms in total.